The number of hydrogen-bond donors (Lipinski definition) is 2. The molecule has 1 rings (SSSR count). The van der Waals surface area contributed by atoms with E-state index in [2.05, 4.69) is 0 Å². The van der Waals surface area contributed by atoms with Gasteiger partial charge in [0, 0.05) is 18.4 Å². The molecule has 0 aliphatic carbocycles. The van der Waals surface area contributed by atoms with Crippen LogP contribution in [0.4, 0.5) is 0 Å². The average Bonchev–Trinajstić information content (AvgIpc) is 2.68. The van der Waals surface area contributed by atoms with Crippen LogP contribution in [-0.2, 0) is 25.7 Å². The molecule has 6 nitrogen and oxygen atoms in total. The molecular formula is C27H42ClNO5. The van der Waals surface area contributed by atoms with Gasteiger partial charge in [-0.15, -0.1) is 12.4 Å². The van der Waals surface area contributed by atoms with Gasteiger partial charge in [0.05, 0.1) is 6.61 Å². The van der Waals surface area contributed by atoms with Gasteiger partial charge in [-0.1, -0.05) is 70.2 Å². The Morgan fingerprint density at radius 2 is 1.68 bits per heavy atom. The molecule has 0 amide bonds. The highest BCUT2D eigenvalue weighted by atomic mass is 35.5. The van der Waals surface area contributed by atoms with Crippen molar-refractivity contribution in [3.8, 4) is 0 Å². The van der Waals surface area contributed by atoms with Crippen LogP contribution in [0.15, 0.2) is 42.5 Å². The molecule has 3 atom stereocenters. The number of hydrogen-bond acceptors (Lipinski definition) is 6. The second-order valence-electron chi connectivity index (χ2n) is 10.6. The number of aliphatic hydroxyl groups is 1. The molecule has 0 heterocycles. The highest BCUT2D eigenvalue weighted by molar-refractivity contribution is 5.85. The van der Waals surface area contributed by atoms with E-state index in [9.17, 15) is 14.7 Å². The van der Waals surface area contributed by atoms with Crippen LogP contribution >= 0.6 is 12.4 Å². The summed E-state index contributed by atoms with van der Waals surface area (Å²) in [5.74, 6) is -1.02. The van der Waals surface area contributed by atoms with Gasteiger partial charge in [-0.05, 0) is 43.7 Å². The first kappa shape index (κ1) is 31.9. The Morgan fingerprint density at radius 1 is 1.09 bits per heavy atom. The lowest BCUT2D eigenvalue weighted by Gasteiger charge is -2.26. The Balaban J connectivity index is 0.0000109. The molecule has 1 aromatic rings. The van der Waals surface area contributed by atoms with Gasteiger partial charge in [-0.3, -0.25) is 4.79 Å². The van der Waals surface area contributed by atoms with Crippen molar-refractivity contribution in [2.45, 2.75) is 85.7 Å². The fourth-order valence-corrected chi connectivity index (χ4v) is 3.10. The van der Waals surface area contributed by atoms with Gasteiger partial charge in [-0.2, -0.15) is 0 Å². The predicted molar refractivity (Wildman–Crippen MR) is 139 cm³/mol. The molecular weight excluding hydrogens is 454 g/mol. The van der Waals surface area contributed by atoms with Crippen molar-refractivity contribution in [3.63, 3.8) is 0 Å². The average molecular weight is 496 g/mol. The Bertz CT molecular complexity index is 819. The molecule has 0 saturated heterocycles. The molecule has 0 fully saturated rings. The molecule has 1 aromatic carbocycles. The van der Waals surface area contributed by atoms with Gasteiger partial charge < -0.3 is 20.3 Å². The van der Waals surface area contributed by atoms with Crippen LogP contribution in [0.2, 0.25) is 0 Å². The summed E-state index contributed by atoms with van der Waals surface area (Å²) in [4.78, 5) is 24.6. The van der Waals surface area contributed by atoms with Gasteiger partial charge in [0.1, 0.15) is 17.7 Å². The number of esters is 2. The topological polar surface area (TPSA) is 98.9 Å². The summed E-state index contributed by atoms with van der Waals surface area (Å²) in [6.45, 7) is 13.4. The monoisotopic (exact) mass is 495 g/mol. The fourth-order valence-electron chi connectivity index (χ4n) is 3.10. The molecule has 0 radical (unpaired) electrons. The van der Waals surface area contributed by atoms with Crippen LogP contribution in [0, 0.1) is 11.3 Å². The zero-order valence-corrected chi connectivity index (χ0v) is 22.4. The van der Waals surface area contributed by atoms with Crippen LogP contribution < -0.4 is 5.73 Å². The van der Waals surface area contributed by atoms with E-state index < -0.39 is 29.7 Å². The third-order valence-corrected chi connectivity index (χ3v) is 4.77. The fraction of sp³-hybridized carbons (Fsp3) is 0.556. The molecule has 0 aliphatic rings. The highest BCUT2D eigenvalue weighted by Crippen LogP contribution is 2.22. The number of carbonyl (C=O) groups excluding carboxylic acids is 2. The van der Waals surface area contributed by atoms with E-state index in [1.165, 1.54) is 6.08 Å². The molecule has 34 heavy (non-hydrogen) atoms. The maximum atomic E-state index is 12.7. The maximum Gasteiger partial charge on any atom is 0.330 e. The van der Waals surface area contributed by atoms with E-state index in [0.717, 1.165) is 11.1 Å². The summed E-state index contributed by atoms with van der Waals surface area (Å²) in [5, 5.41) is 9.19. The first-order chi connectivity index (χ1) is 15.2. The minimum Gasteiger partial charge on any atom is -0.460 e. The van der Waals surface area contributed by atoms with Gasteiger partial charge >= 0.3 is 11.9 Å². The van der Waals surface area contributed by atoms with E-state index in [-0.39, 0.29) is 30.3 Å². The number of rotatable bonds is 10. The lowest BCUT2D eigenvalue weighted by Crippen LogP contribution is -2.39. The Labute approximate surface area is 211 Å². The van der Waals surface area contributed by atoms with E-state index in [1.807, 2.05) is 64.1 Å². The van der Waals surface area contributed by atoms with Crippen LogP contribution in [0.5, 0.6) is 0 Å². The third kappa shape index (κ3) is 13.5. The molecule has 7 heteroatoms. The number of aliphatic hydroxyl groups excluding tert-OH is 1. The van der Waals surface area contributed by atoms with Crippen molar-refractivity contribution in [2.24, 2.45) is 17.1 Å². The summed E-state index contributed by atoms with van der Waals surface area (Å²) in [6.07, 6.45) is 7.31. The smallest absolute Gasteiger partial charge is 0.330 e. The highest BCUT2D eigenvalue weighted by Gasteiger charge is 2.26. The summed E-state index contributed by atoms with van der Waals surface area (Å²) in [7, 11) is 0. The summed E-state index contributed by atoms with van der Waals surface area (Å²) >= 11 is 0. The molecule has 0 aromatic heterocycles. The number of nitrogens with two attached hydrogens (primary N) is 1. The van der Waals surface area contributed by atoms with Gasteiger partial charge in [0.15, 0.2) is 0 Å². The summed E-state index contributed by atoms with van der Waals surface area (Å²) in [5.41, 5.74) is 7.22. The van der Waals surface area contributed by atoms with Crippen molar-refractivity contribution >= 4 is 30.4 Å². The normalized spacial score (nSPS) is 15.0. The largest absolute Gasteiger partial charge is 0.460 e. The van der Waals surface area contributed by atoms with Gasteiger partial charge in [-0.25, -0.2) is 4.79 Å². The van der Waals surface area contributed by atoms with Crippen LogP contribution in [0.25, 0.3) is 6.08 Å². The van der Waals surface area contributed by atoms with E-state index in [1.54, 1.807) is 26.8 Å². The maximum absolute atomic E-state index is 12.7. The van der Waals surface area contributed by atoms with Crippen molar-refractivity contribution < 1.29 is 24.2 Å². The molecule has 3 N–H and O–H groups in total. The Morgan fingerprint density at radius 3 is 2.18 bits per heavy atom. The Hall–Kier alpha value is -2.15. The minimum absolute atomic E-state index is 0. The predicted octanol–water partition coefficient (Wildman–Crippen LogP) is 5.21. The lowest BCUT2D eigenvalue weighted by atomic mass is 9.88. The SMILES string of the molecule is CC(/C=C\c1ccc(CO)cc1)C(C/C=C/C(=O)OC(C)(C)C)OC(=O)[C@@H](N)CC(C)(C)C.Cl. The quantitative estimate of drug-likeness (QED) is 0.341. The molecule has 192 valence electrons. The first-order valence-corrected chi connectivity index (χ1v) is 11.4. The van der Waals surface area contributed by atoms with Crippen molar-refractivity contribution in [1.82, 2.24) is 0 Å². The van der Waals surface area contributed by atoms with Gasteiger partial charge in [0.25, 0.3) is 0 Å². The van der Waals surface area contributed by atoms with Crippen molar-refractivity contribution in [2.75, 3.05) is 0 Å². The van der Waals surface area contributed by atoms with Crippen molar-refractivity contribution in [1.29, 1.82) is 0 Å². The minimum atomic E-state index is -0.718. The van der Waals surface area contributed by atoms with Gasteiger partial charge in [0.2, 0.25) is 0 Å². The Kier molecular flexibility index (Phi) is 13.4. The molecule has 0 saturated carbocycles. The third-order valence-electron chi connectivity index (χ3n) is 4.77. The number of carbonyl (C=O) groups is 2. The number of ether oxygens (including phenoxy) is 2. The molecule has 0 bridgehead atoms. The lowest BCUT2D eigenvalue weighted by molar-refractivity contribution is -0.153. The van der Waals surface area contributed by atoms with Crippen LogP contribution in [0.3, 0.4) is 0 Å². The zero-order valence-electron chi connectivity index (χ0n) is 21.5. The zero-order chi connectivity index (χ0) is 25.2. The first-order valence-electron chi connectivity index (χ1n) is 11.4. The van der Waals surface area contributed by atoms with Crippen LogP contribution in [0.1, 0.15) is 72.4 Å². The molecule has 0 aliphatic heterocycles. The van der Waals surface area contributed by atoms with E-state index >= 15 is 0 Å². The molecule has 0 spiro atoms. The van der Waals surface area contributed by atoms with Crippen LogP contribution in [-0.4, -0.2) is 34.8 Å². The summed E-state index contributed by atoms with van der Waals surface area (Å²) in [6, 6.07) is 6.83. The standard InChI is InChI=1S/C27H41NO5.ClH/c1-19(11-12-20-13-15-21(18-29)16-14-20)23(9-8-10-24(30)33-27(5,6)7)32-25(31)22(28)17-26(2,3)4;/h8,10-16,19,22-23,29H,9,17-18,28H2,1-7H3;1H/b10-8+,12-11-;/t19?,22-,23?;/m0./s1. The van der Waals surface area contributed by atoms with Crippen molar-refractivity contribution in [3.05, 3.63) is 53.6 Å². The molecule has 2 unspecified atom stereocenters. The van der Waals surface area contributed by atoms with E-state index in [0.29, 0.717) is 12.8 Å². The second-order valence-corrected chi connectivity index (χ2v) is 10.6. The summed E-state index contributed by atoms with van der Waals surface area (Å²) < 4.78 is 11.1. The second kappa shape index (κ2) is 14.3. The number of benzene rings is 1. The van der Waals surface area contributed by atoms with E-state index in [4.69, 9.17) is 15.2 Å². The number of halogens is 1.